The van der Waals surface area contributed by atoms with Crippen molar-refractivity contribution in [2.45, 2.75) is 45.5 Å². The Kier molecular flexibility index (Phi) is 6.03. The normalized spacial score (nSPS) is 24.8. The maximum absolute atomic E-state index is 10.1. The van der Waals surface area contributed by atoms with Gasteiger partial charge in [0.1, 0.15) is 18.5 Å². The lowest BCUT2D eigenvalue weighted by Gasteiger charge is -2.36. The molecule has 1 aliphatic rings. The van der Waals surface area contributed by atoms with Crippen molar-refractivity contribution in [1.82, 2.24) is 4.90 Å². The third-order valence-electron chi connectivity index (χ3n) is 3.74. The van der Waals surface area contributed by atoms with Crippen molar-refractivity contribution >= 4 is 0 Å². The first-order valence-corrected chi connectivity index (χ1v) is 7.84. The Morgan fingerprint density at radius 3 is 2.43 bits per heavy atom. The minimum atomic E-state index is -0.478. The Morgan fingerprint density at radius 2 is 1.86 bits per heavy atom. The van der Waals surface area contributed by atoms with E-state index in [0.717, 1.165) is 25.3 Å². The number of hydrogen-bond acceptors (Lipinski definition) is 4. The summed E-state index contributed by atoms with van der Waals surface area (Å²) in [6, 6.07) is 8.05. The Bertz CT molecular complexity index is 411. The van der Waals surface area contributed by atoms with Crippen LogP contribution in [0.2, 0.25) is 0 Å². The standard InChI is InChI=1S/C17H27NO3/c1-4-15-5-7-17(8-6-15)20-12-16(19)11-18-9-13(2)21-14(3)10-18/h5-8,13-14,16,19H,4,9-12H2,1-3H3/t13-,14-,16-/m0/s1. The molecule has 4 heteroatoms. The Balaban J connectivity index is 1.74. The number of aryl methyl sites for hydroxylation is 1. The molecule has 21 heavy (non-hydrogen) atoms. The number of benzene rings is 1. The van der Waals surface area contributed by atoms with Crippen molar-refractivity contribution in [1.29, 1.82) is 0 Å². The van der Waals surface area contributed by atoms with E-state index < -0.39 is 6.10 Å². The van der Waals surface area contributed by atoms with Gasteiger partial charge in [0.05, 0.1) is 12.2 Å². The van der Waals surface area contributed by atoms with Gasteiger partial charge in [-0.25, -0.2) is 0 Å². The molecule has 0 radical (unpaired) electrons. The summed E-state index contributed by atoms with van der Waals surface area (Å²) < 4.78 is 11.3. The molecule has 0 spiro atoms. The van der Waals surface area contributed by atoms with Crippen molar-refractivity contribution in [3.8, 4) is 5.75 Å². The highest BCUT2D eigenvalue weighted by Crippen LogP contribution is 2.14. The summed E-state index contributed by atoms with van der Waals surface area (Å²) in [6.45, 7) is 8.96. The quantitative estimate of drug-likeness (QED) is 0.872. The third kappa shape index (κ3) is 5.30. The molecule has 1 N–H and O–H groups in total. The second kappa shape index (κ2) is 7.78. The average Bonchev–Trinajstić information content (AvgIpc) is 2.44. The third-order valence-corrected chi connectivity index (χ3v) is 3.74. The Labute approximate surface area is 127 Å². The lowest BCUT2D eigenvalue weighted by Crippen LogP contribution is -2.48. The van der Waals surface area contributed by atoms with Crippen LogP contribution in [0.4, 0.5) is 0 Å². The molecule has 1 aromatic rings. The lowest BCUT2D eigenvalue weighted by atomic mass is 10.2. The molecule has 1 saturated heterocycles. The molecule has 0 unspecified atom stereocenters. The summed E-state index contributed by atoms with van der Waals surface area (Å²) in [5.41, 5.74) is 1.29. The van der Waals surface area contributed by atoms with Crippen molar-refractivity contribution in [2.24, 2.45) is 0 Å². The highest BCUT2D eigenvalue weighted by molar-refractivity contribution is 5.27. The van der Waals surface area contributed by atoms with Crippen molar-refractivity contribution in [3.63, 3.8) is 0 Å². The lowest BCUT2D eigenvalue weighted by molar-refractivity contribution is -0.0786. The minimum Gasteiger partial charge on any atom is -0.491 e. The summed E-state index contributed by atoms with van der Waals surface area (Å²) in [6.07, 6.45) is 0.997. The van der Waals surface area contributed by atoms with Gasteiger partial charge in [0, 0.05) is 19.6 Å². The number of hydrogen-bond donors (Lipinski definition) is 1. The van der Waals surface area contributed by atoms with Crippen molar-refractivity contribution in [3.05, 3.63) is 29.8 Å². The van der Waals surface area contributed by atoms with Crippen LogP contribution in [0, 0.1) is 0 Å². The number of aliphatic hydroxyl groups excluding tert-OH is 1. The predicted octanol–water partition coefficient (Wildman–Crippen LogP) is 2.10. The minimum absolute atomic E-state index is 0.225. The number of rotatable bonds is 6. The molecule has 0 saturated carbocycles. The fourth-order valence-electron chi connectivity index (χ4n) is 2.80. The summed E-state index contributed by atoms with van der Waals surface area (Å²) in [5, 5.41) is 10.1. The van der Waals surface area contributed by atoms with E-state index in [1.165, 1.54) is 5.56 Å². The zero-order valence-electron chi connectivity index (χ0n) is 13.3. The first-order valence-electron chi connectivity index (χ1n) is 7.84. The molecule has 1 fully saturated rings. The van der Waals surface area contributed by atoms with Crippen LogP contribution in [0.5, 0.6) is 5.75 Å². The maximum Gasteiger partial charge on any atom is 0.119 e. The van der Waals surface area contributed by atoms with Gasteiger partial charge in [0.25, 0.3) is 0 Å². The van der Waals surface area contributed by atoms with Gasteiger partial charge in [0.15, 0.2) is 0 Å². The van der Waals surface area contributed by atoms with Crippen LogP contribution in [-0.4, -0.2) is 54.6 Å². The molecule has 2 rings (SSSR count). The Hall–Kier alpha value is -1.10. The fraction of sp³-hybridized carbons (Fsp3) is 0.647. The van der Waals surface area contributed by atoms with Crippen LogP contribution in [0.3, 0.4) is 0 Å². The smallest absolute Gasteiger partial charge is 0.119 e. The molecule has 1 heterocycles. The fourth-order valence-corrected chi connectivity index (χ4v) is 2.80. The zero-order chi connectivity index (χ0) is 15.2. The number of morpholine rings is 1. The molecular formula is C17H27NO3. The van der Waals surface area contributed by atoms with Crippen LogP contribution >= 0.6 is 0 Å². The summed E-state index contributed by atoms with van der Waals surface area (Å²) in [5.74, 6) is 0.815. The highest BCUT2D eigenvalue weighted by Gasteiger charge is 2.23. The van der Waals surface area contributed by atoms with Gasteiger partial charge in [-0.1, -0.05) is 19.1 Å². The van der Waals surface area contributed by atoms with E-state index in [2.05, 4.69) is 37.8 Å². The molecule has 1 aromatic carbocycles. The molecule has 118 valence electrons. The van der Waals surface area contributed by atoms with E-state index in [1.807, 2.05) is 12.1 Å². The van der Waals surface area contributed by atoms with Crippen molar-refractivity contribution in [2.75, 3.05) is 26.2 Å². The summed E-state index contributed by atoms with van der Waals surface area (Å²) >= 11 is 0. The largest absolute Gasteiger partial charge is 0.491 e. The first kappa shape index (κ1) is 16.3. The second-order valence-electron chi connectivity index (χ2n) is 5.94. The monoisotopic (exact) mass is 293 g/mol. The van der Waals surface area contributed by atoms with Gasteiger partial charge in [-0.05, 0) is 38.0 Å². The van der Waals surface area contributed by atoms with Gasteiger partial charge < -0.3 is 14.6 Å². The van der Waals surface area contributed by atoms with Crippen LogP contribution in [0.15, 0.2) is 24.3 Å². The Morgan fingerprint density at radius 1 is 1.24 bits per heavy atom. The summed E-state index contributed by atoms with van der Waals surface area (Å²) in [7, 11) is 0. The second-order valence-corrected chi connectivity index (χ2v) is 5.94. The average molecular weight is 293 g/mol. The molecule has 0 aromatic heterocycles. The van der Waals surface area contributed by atoms with E-state index >= 15 is 0 Å². The van der Waals surface area contributed by atoms with E-state index in [4.69, 9.17) is 9.47 Å². The molecular weight excluding hydrogens is 266 g/mol. The zero-order valence-corrected chi connectivity index (χ0v) is 13.3. The molecule has 0 bridgehead atoms. The number of aliphatic hydroxyl groups is 1. The van der Waals surface area contributed by atoms with Crippen LogP contribution in [-0.2, 0) is 11.2 Å². The number of β-amino-alcohol motifs (C(OH)–C–C–N with tert-alkyl or cyclic N) is 1. The van der Waals surface area contributed by atoms with E-state index in [9.17, 15) is 5.11 Å². The SMILES string of the molecule is CCc1ccc(OC[C@@H](O)CN2C[C@H](C)O[C@@H](C)C2)cc1. The predicted molar refractivity (Wildman–Crippen MR) is 83.8 cm³/mol. The number of nitrogens with zero attached hydrogens (tertiary/aromatic N) is 1. The van der Waals surface area contributed by atoms with Crippen LogP contribution in [0.1, 0.15) is 26.3 Å². The van der Waals surface area contributed by atoms with E-state index in [0.29, 0.717) is 13.2 Å². The molecule has 4 nitrogen and oxygen atoms in total. The van der Waals surface area contributed by atoms with Gasteiger partial charge in [-0.15, -0.1) is 0 Å². The number of ether oxygens (including phenoxy) is 2. The maximum atomic E-state index is 10.1. The first-order chi connectivity index (χ1) is 10.1. The van der Waals surface area contributed by atoms with E-state index in [1.54, 1.807) is 0 Å². The molecule has 0 amide bonds. The van der Waals surface area contributed by atoms with Gasteiger partial charge in [-0.2, -0.15) is 0 Å². The molecule has 1 aliphatic heterocycles. The van der Waals surface area contributed by atoms with Gasteiger partial charge >= 0.3 is 0 Å². The summed E-state index contributed by atoms with van der Waals surface area (Å²) in [4.78, 5) is 2.24. The van der Waals surface area contributed by atoms with Gasteiger partial charge in [-0.3, -0.25) is 4.90 Å². The van der Waals surface area contributed by atoms with Gasteiger partial charge in [0.2, 0.25) is 0 Å². The van der Waals surface area contributed by atoms with E-state index in [-0.39, 0.29) is 12.2 Å². The molecule has 0 aliphatic carbocycles. The van der Waals surface area contributed by atoms with Crippen LogP contribution in [0.25, 0.3) is 0 Å². The van der Waals surface area contributed by atoms with Crippen molar-refractivity contribution < 1.29 is 14.6 Å². The van der Waals surface area contributed by atoms with Crippen LogP contribution < -0.4 is 4.74 Å². The topological polar surface area (TPSA) is 41.9 Å². The highest BCUT2D eigenvalue weighted by atomic mass is 16.5. The molecule has 3 atom stereocenters.